The van der Waals surface area contributed by atoms with Crippen LogP contribution in [0.1, 0.15) is 49.1 Å². The maximum absolute atomic E-state index is 15.5. The van der Waals surface area contributed by atoms with Crippen molar-refractivity contribution in [3.8, 4) is 11.8 Å². The van der Waals surface area contributed by atoms with Crippen molar-refractivity contribution >= 4 is 5.91 Å². The van der Waals surface area contributed by atoms with Crippen molar-refractivity contribution < 1.29 is 36.4 Å². The zero-order valence-corrected chi connectivity index (χ0v) is 20.8. The Balaban J connectivity index is 1.17. The van der Waals surface area contributed by atoms with E-state index in [1.54, 1.807) is 19.1 Å². The van der Waals surface area contributed by atoms with Gasteiger partial charge in [0.05, 0.1) is 0 Å². The summed E-state index contributed by atoms with van der Waals surface area (Å²) in [5, 5.41) is 6.57. The highest BCUT2D eigenvalue weighted by Crippen LogP contribution is 2.35. The molecule has 0 atom stereocenters. The molecule has 204 valence electrons. The number of fused-ring (bicyclic) bond motifs is 1. The van der Waals surface area contributed by atoms with Gasteiger partial charge in [-0.15, -0.1) is 0 Å². The Hall–Kier alpha value is -2.89. The maximum Gasteiger partial charge on any atom is 0.422 e. The molecule has 37 heavy (non-hydrogen) atoms. The molecule has 0 saturated heterocycles. The Morgan fingerprint density at radius 2 is 1.95 bits per heavy atom. The first-order valence-corrected chi connectivity index (χ1v) is 12.5. The van der Waals surface area contributed by atoms with Gasteiger partial charge in [-0.1, -0.05) is 6.07 Å². The molecule has 1 amide bonds. The van der Waals surface area contributed by atoms with Gasteiger partial charge in [0.2, 0.25) is 5.88 Å². The summed E-state index contributed by atoms with van der Waals surface area (Å²) in [5.41, 5.74) is 0.429. The second kappa shape index (κ2) is 11.7. The van der Waals surface area contributed by atoms with Gasteiger partial charge >= 0.3 is 6.18 Å². The van der Waals surface area contributed by atoms with E-state index in [0.29, 0.717) is 63.8 Å². The second-order valence-electron chi connectivity index (χ2n) is 9.81. The quantitative estimate of drug-likeness (QED) is 0.493. The summed E-state index contributed by atoms with van der Waals surface area (Å²) in [5.74, 6) is 0.534. The number of halogens is 4. The van der Waals surface area contributed by atoms with E-state index >= 15 is 4.39 Å². The summed E-state index contributed by atoms with van der Waals surface area (Å²) in [4.78, 5) is 18.6. The number of rotatable bonds is 9. The van der Waals surface area contributed by atoms with E-state index in [-0.39, 0.29) is 30.3 Å². The molecule has 1 aliphatic heterocycles. The lowest BCUT2D eigenvalue weighted by Crippen LogP contribution is -2.44. The molecule has 12 heteroatoms. The van der Waals surface area contributed by atoms with Gasteiger partial charge < -0.3 is 24.2 Å². The van der Waals surface area contributed by atoms with Crippen molar-refractivity contribution in [3.63, 3.8) is 0 Å². The van der Waals surface area contributed by atoms with E-state index in [1.165, 1.54) is 6.07 Å². The lowest BCUT2D eigenvalue weighted by Gasteiger charge is -2.35. The van der Waals surface area contributed by atoms with Gasteiger partial charge in [-0.3, -0.25) is 4.79 Å². The van der Waals surface area contributed by atoms with Crippen molar-refractivity contribution in [3.05, 3.63) is 35.2 Å². The van der Waals surface area contributed by atoms with Gasteiger partial charge in [0, 0.05) is 49.9 Å². The highest BCUT2D eigenvalue weighted by atomic mass is 19.4. The first kappa shape index (κ1) is 27.2. The van der Waals surface area contributed by atoms with Crippen molar-refractivity contribution in [1.29, 1.82) is 0 Å². The van der Waals surface area contributed by atoms with E-state index < -0.39 is 18.5 Å². The van der Waals surface area contributed by atoms with Gasteiger partial charge in [0.25, 0.3) is 11.8 Å². The van der Waals surface area contributed by atoms with Gasteiger partial charge in [-0.05, 0) is 56.2 Å². The third kappa shape index (κ3) is 8.31. The number of ether oxygens (including phenoxy) is 2. The number of hydrogen-bond acceptors (Lipinski definition) is 7. The molecule has 0 radical (unpaired) electrons. The molecule has 0 unspecified atom stereocenters. The Kier molecular flexibility index (Phi) is 8.56. The van der Waals surface area contributed by atoms with Crippen LogP contribution in [-0.4, -0.2) is 71.7 Å². The second-order valence-corrected chi connectivity index (χ2v) is 9.81. The number of nitrogens with zero attached hydrogens (tertiary/aromatic N) is 3. The number of carbonyl (C=O) groups excluding carboxylic acids is 1. The standard InChI is InChI=1S/C25H32F4N4O4/c1-17-14-23(32-37-17)35-15-21(34)30-19-4-8-24(26,9-5-19)10-13-33-11-6-18-2-3-22(31-20(18)7-12-33)36-16-25(27,28)29/h2-3,14,19H,4-13,15-16H2,1H3,(H,30,34). The van der Waals surface area contributed by atoms with Crippen LogP contribution in [0.2, 0.25) is 0 Å². The van der Waals surface area contributed by atoms with Crippen molar-refractivity contribution in [1.82, 2.24) is 20.4 Å². The third-order valence-electron chi connectivity index (χ3n) is 6.87. The predicted molar refractivity (Wildman–Crippen MR) is 125 cm³/mol. The summed E-state index contributed by atoms with van der Waals surface area (Å²) < 4.78 is 67.7. The molecule has 3 heterocycles. The van der Waals surface area contributed by atoms with E-state index in [9.17, 15) is 18.0 Å². The number of carbonyl (C=O) groups is 1. The Labute approximate surface area is 212 Å². The molecule has 1 fully saturated rings. The molecule has 0 bridgehead atoms. The molecule has 2 aliphatic rings. The SMILES string of the molecule is Cc1cc(OCC(=O)NC2CCC(F)(CCN3CCc4ccc(OCC(F)(F)F)nc4CC3)CC2)no1. The fourth-order valence-electron chi connectivity index (χ4n) is 4.78. The molecule has 1 aliphatic carbocycles. The highest BCUT2D eigenvalue weighted by Gasteiger charge is 2.36. The van der Waals surface area contributed by atoms with Crippen LogP contribution < -0.4 is 14.8 Å². The molecule has 2 aromatic heterocycles. The van der Waals surface area contributed by atoms with E-state index in [1.807, 2.05) is 0 Å². The molecule has 0 spiro atoms. The summed E-state index contributed by atoms with van der Waals surface area (Å²) >= 11 is 0. The molecular formula is C25H32F4N4O4. The molecule has 1 saturated carbocycles. The van der Waals surface area contributed by atoms with Gasteiger partial charge in [0.15, 0.2) is 13.2 Å². The summed E-state index contributed by atoms with van der Waals surface area (Å²) in [6, 6.07) is 4.73. The average molecular weight is 529 g/mol. The van der Waals surface area contributed by atoms with Crippen molar-refractivity contribution in [2.24, 2.45) is 0 Å². The summed E-state index contributed by atoms with van der Waals surface area (Å²) in [6.45, 7) is 2.16. The van der Waals surface area contributed by atoms with E-state index in [0.717, 1.165) is 17.8 Å². The number of pyridine rings is 1. The van der Waals surface area contributed by atoms with Crippen LogP contribution in [0.3, 0.4) is 0 Å². The topological polar surface area (TPSA) is 89.7 Å². The van der Waals surface area contributed by atoms with E-state index in [4.69, 9.17) is 14.0 Å². The fourth-order valence-corrected chi connectivity index (χ4v) is 4.78. The minimum absolute atomic E-state index is 0.0316. The van der Waals surface area contributed by atoms with Gasteiger partial charge in [0.1, 0.15) is 11.4 Å². The first-order valence-electron chi connectivity index (χ1n) is 12.5. The summed E-state index contributed by atoms with van der Waals surface area (Å²) in [6.07, 6.45) is -0.889. The third-order valence-corrected chi connectivity index (χ3v) is 6.87. The lowest BCUT2D eigenvalue weighted by molar-refractivity contribution is -0.154. The number of nitrogens with one attached hydrogen (secondary N) is 1. The Morgan fingerprint density at radius 3 is 2.65 bits per heavy atom. The summed E-state index contributed by atoms with van der Waals surface area (Å²) in [7, 11) is 0. The van der Waals surface area contributed by atoms with E-state index in [2.05, 4.69) is 20.4 Å². The molecule has 0 aromatic carbocycles. The fraction of sp³-hybridized carbons (Fsp3) is 0.640. The largest absolute Gasteiger partial charge is 0.468 e. The molecule has 8 nitrogen and oxygen atoms in total. The van der Waals surface area contributed by atoms with Crippen LogP contribution in [0.15, 0.2) is 22.7 Å². The maximum atomic E-state index is 15.5. The Morgan fingerprint density at radius 1 is 1.19 bits per heavy atom. The number of aromatic nitrogens is 2. The number of hydrogen-bond donors (Lipinski definition) is 1. The van der Waals surface area contributed by atoms with Crippen LogP contribution in [0.4, 0.5) is 17.6 Å². The molecule has 2 aromatic rings. The van der Waals surface area contributed by atoms with Crippen LogP contribution in [0, 0.1) is 6.92 Å². The average Bonchev–Trinajstić information content (AvgIpc) is 3.16. The predicted octanol–water partition coefficient (Wildman–Crippen LogP) is 3.96. The zero-order valence-electron chi connectivity index (χ0n) is 20.8. The normalized spacial score (nSPS) is 22.7. The molecule has 1 N–H and O–H groups in total. The van der Waals surface area contributed by atoms with Crippen molar-refractivity contribution in [2.45, 2.75) is 69.8 Å². The number of aryl methyl sites for hydroxylation is 1. The molecular weight excluding hydrogens is 496 g/mol. The minimum Gasteiger partial charge on any atom is -0.468 e. The molecule has 4 rings (SSSR count). The number of alkyl halides is 4. The zero-order chi connectivity index (χ0) is 26.5. The van der Waals surface area contributed by atoms with Crippen LogP contribution >= 0.6 is 0 Å². The lowest BCUT2D eigenvalue weighted by atomic mass is 9.81. The number of amides is 1. The Bertz CT molecular complexity index is 1050. The van der Waals surface area contributed by atoms with Crippen molar-refractivity contribution in [2.75, 3.05) is 32.8 Å². The van der Waals surface area contributed by atoms with Gasteiger partial charge in [-0.25, -0.2) is 9.37 Å². The monoisotopic (exact) mass is 528 g/mol. The van der Waals surface area contributed by atoms with Crippen LogP contribution in [0.5, 0.6) is 11.8 Å². The smallest absolute Gasteiger partial charge is 0.422 e. The van der Waals surface area contributed by atoms with Crippen LogP contribution in [-0.2, 0) is 17.6 Å². The highest BCUT2D eigenvalue weighted by molar-refractivity contribution is 5.77. The van der Waals surface area contributed by atoms with Crippen LogP contribution in [0.25, 0.3) is 0 Å². The minimum atomic E-state index is -4.41. The first-order chi connectivity index (χ1) is 17.6. The van der Waals surface area contributed by atoms with Gasteiger partial charge in [-0.2, -0.15) is 13.2 Å².